The molecule has 114 valence electrons. The number of pyridine rings is 1. The van der Waals surface area contributed by atoms with E-state index in [0.717, 1.165) is 0 Å². The molecule has 0 saturated heterocycles. The molecule has 0 N–H and O–H groups in total. The minimum Gasteiger partial charge on any atom is -0.288 e. The number of thioether (sulfide) groups is 1. The first-order valence-electron chi connectivity index (χ1n) is 6.69. The Morgan fingerprint density at radius 3 is 2.91 bits per heavy atom. The van der Waals surface area contributed by atoms with Crippen molar-refractivity contribution in [1.29, 1.82) is 5.26 Å². The van der Waals surface area contributed by atoms with Crippen LogP contribution in [0.25, 0.3) is 11.0 Å². The van der Waals surface area contributed by atoms with Gasteiger partial charge in [-0.1, -0.05) is 11.8 Å². The highest BCUT2D eigenvalue weighted by Gasteiger charge is 2.41. The van der Waals surface area contributed by atoms with Gasteiger partial charge in [0.1, 0.15) is 17.3 Å². The van der Waals surface area contributed by atoms with Crippen molar-refractivity contribution in [1.82, 2.24) is 14.5 Å². The van der Waals surface area contributed by atoms with E-state index in [9.17, 15) is 13.6 Å². The van der Waals surface area contributed by atoms with Crippen molar-refractivity contribution in [3.8, 4) is 6.07 Å². The Kier molecular flexibility index (Phi) is 3.60. The molecule has 5 nitrogen and oxygen atoms in total. The Hall–Kier alpha value is -2.01. The zero-order chi connectivity index (χ0) is 15.9. The third-order valence-corrected chi connectivity index (χ3v) is 4.36. The summed E-state index contributed by atoms with van der Waals surface area (Å²) in [5.74, 6) is -2.78. The summed E-state index contributed by atoms with van der Waals surface area (Å²) in [5.41, 5.74) is -0.335. The van der Waals surface area contributed by atoms with Crippen LogP contribution in [-0.2, 0) is 0 Å². The van der Waals surface area contributed by atoms with Crippen molar-refractivity contribution in [2.45, 2.75) is 36.4 Å². The normalized spacial score (nSPS) is 20.2. The molecule has 1 unspecified atom stereocenters. The van der Waals surface area contributed by atoms with E-state index in [4.69, 9.17) is 5.26 Å². The van der Waals surface area contributed by atoms with Crippen LogP contribution in [0, 0.1) is 11.3 Å². The molecule has 3 rings (SSSR count). The molecule has 2 heterocycles. The van der Waals surface area contributed by atoms with Crippen LogP contribution >= 0.6 is 11.8 Å². The molecule has 1 fully saturated rings. The van der Waals surface area contributed by atoms with Gasteiger partial charge < -0.3 is 0 Å². The number of halogens is 2. The van der Waals surface area contributed by atoms with Gasteiger partial charge in [-0.15, -0.1) is 0 Å². The first kappa shape index (κ1) is 14.9. The lowest BCUT2D eigenvalue weighted by Gasteiger charge is -2.17. The van der Waals surface area contributed by atoms with E-state index >= 15 is 0 Å². The van der Waals surface area contributed by atoms with E-state index < -0.39 is 23.9 Å². The first-order chi connectivity index (χ1) is 10.4. The molecule has 1 atom stereocenters. The molecule has 1 aliphatic carbocycles. The van der Waals surface area contributed by atoms with E-state index in [1.54, 1.807) is 6.26 Å². The second kappa shape index (κ2) is 5.32. The SMILES string of the molecule is CSc1ncc2cc(C#N)c(=O)n(C3CCC(F)(F)C3)c2n1. The summed E-state index contributed by atoms with van der Waals surface area (Å²) < 4.78 is 28.3. The number of aromatic nitrogens is 3. The van der Waals surface area contributed by atoms with Gasteiger partial charge in [-0.3, -0.25) is 9.36 Å². The molecule has 0 aromatic carbocycles. The highest BCUT2D eigenvalue weighted by atomic mass is 32.2. The molecule has 1 saturated carbocycles. The van der Waals surface area contributed by atoms with Gasteiger partial charge in [0.05, 0.1) is 0 Å². The molecule has 0 aliphatic heterocycles. The van der Waals surface area contributed by atoms with Gasteiger partial charge in [-0.25, -0.2) is 18.7 Å². The predicted molar refractivity (Wildman–Crippen MR) is 78.1 cm³/mol. The molecule has 0 spiro atoms. The summed E-state index contributed by atoms with van der Waals surface area (Å²) in [4.78, 5) is 20.8. The van der Waals surface area contributed by atoms with Crippen molar-refractivity contribution in [2.75, 3.05) is 6.26 Å². The van der Waals surface area contributed by atoms with Gasteiger partial charge in [-0.2, -0.15) is 5.26 Å². The van der Waals surface area contributed by atoms with Crippen LogP contribution < -0.4 is 5.56 Å². The summed E-state index contributed by atoms with van der Waals surface area (Å²) in [6.07, 6.45) is 2.82. The average molecular weight is 322 g/mol. The van der Waals surface area contributed by atoms with Crippen molar-refractivity contribution in [3.63, 3.8) is 0 Å². The van der Waals surface area contributed by atoms with Crippen LogP contribution in [-0.4, -0.2) is 26.7 Å². The van der Waals surface area contributed by atoms with Crippen molar-refractivity contribution in [2.24, 2.45) is 0 Å². The van der Waals surface area contributed by atoms with Gasteiger partial charge in [0, 0.05) is 30.5 Å². The van der Waals surface area contributed by atoms with E-state index in [0.29, 0.717) is 16.2 Å². The maximum absolute atomic E-state index is 13.5. The van der Waals surface area contributed by atoms with Gasteiger partial charge >= 0.3 is 0 Å². The van der Waals surface area contributed by atoms with Gasteiger partial charge in [0.15, 0.2) is 5.16 Å². The molecule has 1 aliphatic rings. The second-order valence-electron chi connectivity index (χ2n) is 5.23. The molecule has 2 aromatic rings. The number of nitriles is 1. The van der Waals surface area contributed by atoms with Crippen LogP contribution in [0.3, 0.4) is 0 Å². The van der Waals surface area contributed by atoms with Crippen molar-refractivity contribution < 1.29 is 8.78 Å². The lowest BCUT2D eigenvalue weighted by Crippen LogP contribution is -2.27. The minimum absolute atomic E-state index is 0.0804. The Balaban J connectivity index is 2.28. The first-order valence-corrected chi connectivity index (χ1v) is 7.92. The maximum atomic E-state index is 13.5. The van der Waals surface area contributed by atoms with Crippen molar-refractivity contribution in [3.05, 3.63) is 28.2 Å². The Bertz CT molecular complexity index is 843. The number of fused-ring (bicyclic) bond motifs is 1. The third kappa shape index (κ3) is 2.46. The fourth-order valence-electron chi connectivity index (χ4n) is 2.77. The highest BCUT2D eigenvalue weighted by molar-refractivity contribution is 7.98. The van der Waals surface area contributed by atoms with E-state index in [1.165, 1.54) is 28.6 Å². The fraction of sp³-hybridized carbons (Fsp3) is 0.429. The fourth-order valence-corrected chi connectivity index (χ4v) is 3.10. The maximum Gasteiger partial charge on any atom is 0.270 e. The molecule has 0 radical (unpaired) electrons. The Morgan fingerprint density at radius 2 is 2.32 bits per heavy atom. The molecule has 0 amide bonds. The quantitative estimate of drug-likeness (QED) is 0.628. The summed E-state index contributed by atoms with van der Waals surface area (Å²) >= 11 is 1.30. The Morgan fingerprint density at radius 1 is 1.55 bits per heavy atom. The number of hydrogen-bond donors (Lipinski definition) is 0. The van der Waals surface area contributed by atoms with E-state index in [2.05, 4.69) is 9.97 Å². The number of alkyl halides is 2. The Labute approximate surface area is 129 Å². The molecular formula is C14H12F2N4OS. The molecule has 8 heteroatoms. The number of nitrogens with zero attached hydrogens (tertiary/aromatic N) is 4. The zero-order valence-corrected chi connectivity index (χ0v) is 12.5. The van der Waals surface area contributed by atoms with Gasteiger partial charge in [0.2, 0.25) is 5.92 Å². The average Bonchev–Trinajstić information content (AvgIpc) is 2.85. The molecule has 0 bridgehead atoms. The molecule has 22 heavy (non-hydrogen) atoms. The van der Waals surface area contributed by atoms with Crippen LogP contribution in [0.5, 0.6) is 0 Å². The van der Waals surface area contributed by atoms with E-state index in [1.807, 2.05) is 6.07 Å². The summed E-state index contributed by atoms with van der Waals surface area (Å²) in [6.45, 7) is 0. The lowest BCUT2D eigenvalue weighted by molar-refractivity contribution is 0.00566. The monoisotopic (exact) mass is 322 g/mol. The van der Waals surface area contributed by atoms with Gasteiger partial charge in [-0.05, 0) is 18.7 Å². The van der Waals surface area contributed by atoms with Gasteiger partial charge in [0.25, 0.3) is 5.56 Å². The molecule has 2 aromatic heterocycles. The summed E-state index contributed by atoms with van der Waals surface area (Å²) in [6, 6.07) is 2.58. The zero-order valence-electron chi connectivity index (χ0n) is 11.7. The topological polar surface area (TPSA) is 71.6 Å². The van der Waals surface area contributed by atoms with E-state index in [-0.39, 0.29) is 18.4 Å². The second-order valence-corrected chi connectivity index (χ2v) is 6.01. The van der Waals surface area contributed by atoms with Crippen LogP contribution in [0.1, 0.15) is 30.9 Å². The predicted octanol–water partition coefficient (Wildman–Crippen LogP) is 2.75. The molecular weight excluding hydrogens is 310 g/mol. The third-order valence-electron chi connectivity index (χ3n) is 3.80. The van der Waals surface area contributed by atoms with Crippen LogP contribution in [0.2, 0.25) is 0 Å². The largest absolute Gasteiger partial charge is 0.288 e. The number of rotatable bonds is 2. The standard InChI is InChI=1S/C14H12F2N4OS/c1-22-13-18-7-9-4-8(6-17)12(21)20(11(9)19-13)10-2-3-14(15,16)5-10/h4,7,10H,2-3,5H2,1H3. The highest BCUT2D eigenvalue weighted by Crippen LogP contribution is 2.41. The van der Waals surface area contributed by atoms with Crippen molar-refractivity contribution >= 4 is 22.8 Å². The van der Waals surface area contributed by atoms with Crippen LogP contribution in [0.4, 0.5) is 8.78 Å². The number of hydrogen-bond acceptors (Lipinski definition) is 5. The smallest absolute Gasteiger partial charge is 0.270 e. The minimum atomic E-state index is -2.78. The lowest BCUT2D eigenvalue weighted by atomic mass is 10.2. The summed E-state index contributed by atoms with van der Waals surface area (Å²) in [5, 5.41) is 10.0. The summed E-state index contributed by atoms with van der Waals surface area (Å²) in [7, 11) is 0. The van der Waals surface area contributed by atoms with Crippen LogP contribution in [0.15, 0.2) is 22.2 Å².